The van der Waals surface area contributed by atoms with Crippen molar-refractivity contribution < 1.29 is 0 Å². The number of benzene rings is 1. The van der Waals surface area contributed by atoms with Crippen LogP contribution in [0, 0.1) is 38.0 Å². The minimum atomic E-state index is 0.455. The van der Waals surface area contributed by atoms with Gasteiger partial charge in [0.2, 0.25) is 0 Å². The van der Waals surface area contributed by atoms with Crippen molar-refractivity contribution in [1.29, 1.82) is 5.26 Å². The fourth-order valence-electron chi connectivity index (χ4n) is 4.83. The first kappa shape index (κ1) is 23.3. The number of aromatic nitrogens is 2. The Bertz CT molecular complexity index is 1190. The molecule has 0 bridgehead atoms. The lowest BCUT2D eigenvalue weighted by Crippen LogP contribution is -2.33. The molecule has 1 saturated heterocycles. The van der Waals surface area contributed by atoms with E-state index in [9.17, 15) is 0 Å². The van der Waals surface area contributed by atoms with Crippen molar-refractivity contribution in [2.24, 2.45) is 5.92 Å². The highest BCUT2D eigenvalue weighted by atomic mass is 79.9. The Morgan fingerprint density at radius 3 is 2.28 bits per heavy atom. The van der Waals surface area contributed by atoms with Gasteiger partial charge in [0.25, 0.3) is 0 Å². The van der Waals surface area contributed by atoms with Gasteiger partial charge in [0.05, 0.1) is 11.8 Å². The van der Waals surface area contributed by atoms with Crippen LogP contribution < -0.4 is 4.90 Å². The molecule has 0 amide bonds. The lowest BCUT2D eigenvalue weighted by atomic mass is 9.93. The van der Waals surface area contributed by atoms with Gasteiger partial charge in [-0.1, -0.05) is 13.8 Å². The van der Waals surface area contributed by atoms with Gasteiger partial charge in [0.1, 0.15) is 5.65 Å². The minimum Gasteiger partial charge on any atom is -0.371 e. The third kappa shape index (κ3) is 4.10. The van der Waals surface area contributed by atoms with E-state index in [1.54, 1.807) is 0 Å². The van der Waals surface area contributed by atoms with E-state index in [1.165, 1.54) is 27.9 Å². The number of aryl methyl sites for hydroxylation is 2. The molecule has 0 aliphatic carbocycles. The maximum Gasteiger partial charge on any atom is 0.147 e. The van der Waals surface area contributed by atoms with Crippen LogP contribution in [-0.2, 0) is 0 Å². The molecule has 168 valence electrons. The van der Waals surface area contributed by atoms with Gasteiger partial charge in [-0.05, 0) is 107 Å². The Morgan fingerprint density at radius 1 is 1.09 bits per heavy atom. The quantitative estimate of drug-likeness (QED) is 0.329. The number of hydrogen-bond donors (Lipinski definition) is 0. The molecular formula is C26H30Br2N4. The van der Waals surface area contributed by atoms with E-state index in [4.69, 9.17) is 10.2 Å². The number of piperidine rings is 1. The van der Waals surface area contributed by atoms with Crippen LogP contribution >= 0.6 is 31.9 Å². The highest BCUT2D eigenvalue weighted by Gasteiger charge is 2.26. The molecule has 0 spiro atoms. The van der Waals surface area contributed by atoms with Crippen LogP contribution in [0.3, 0.4) is 0 Å². The van der Waals surface area contributed by atoms with Gasteiger partial charge in [0.15, 0.2) is 0 Å². The van der Waals surface area contributed by atoms with Crippen molar-refractivity contribution in [2.75, 3.05) is 18.0 Å². The zero-order valence-electron chi connectivity index (χ0n) is 19.5. The number of nitriles is 1. The second-order valence-electron chi connectivity index (χ2n) is 9.31. The maximum atomic E-state index is 9.07. The Balaban J connectivity index is 1.88. The smallest absolute Gasteiger partial charge is 0.147 e. The second kappa shape index (κ2) is 9.19. The lowest BCUT2D eigenvalue weighted by Gasteiger charge is -2.33. The summed E-state index contributed by atoms with van der Waals surface area (Å²) < 4.78 is 4.43. The number of halogens is 2. The summed E-state index contributed by atoms with van der Waals surface area (Å²) in [5.41, 5.74) is 8.17. The Labute approximate surface area is 207 Å². The lowest BCUT2D eigenvalue weighted by molar-refractivity contribution is 0.413. The van der Waals surface area contributed by atoms with Gasteiger partial charge < -0.3 is 4.90 Å². The van der Waals surface area contributed by atoms with Crippen molar-refractivity contribution in [3.05, 3.63) is 49.7 Å². The predicted molar refractivity (Wildman–Crippen MR) is 140 cm³/mol. The highest BCUT2D eigenvalue weighted by Crippen LogP contribution is 2.41. The van der Waals surface area contributed by atoms with Crippen molar-refractivity contribution in [1.82, 2.24) is 9.55 Å². The summed E-state index contributed by atoms with van der Waals surface area (Å²) in [6, 6.07) is 9.03. The summed E-state index contributed by atoms with van der Waals surface area (Å²) in [4.78, 5) is 7.52. The third-order valence-corrected chi connectivity index (χ3v) is 8.05. The molecule has 0 N–H and O–H groups in total. The van der Waals surface area contributed by atoms with Crippen molar-refractivity contribution in [3.8, 4) is 11.8 Å². The Morgan fingerprint density at radius 2 is 1.72 bits per heavy atom. The van der Waals surface area contributed by atoms with Crippen LogP contribution in [-0.4, -0.2) is 22.6 Å². The molecular weight excluding hydrogens is 528 g/mol. The first-order chi connectivity index (χ1) is 15.2. The van der Waals surface area contributed by atoms with Gasteiger partial charge in [-0.3, -0.25) is 4.57 Å². The van der Waals surface area contributed by atoms with E-state index in [1.807, 2.05) is 0 Å². The van der Waals surface area contributed by atoms with Crippen LogP contribution in [0.2, 0.25) is 0 Å². The molecule has 1 aliphatic rings. The molecule has 1 aromatic carbocycles. The average Bonchev–Trinajstić information content (AvgIpc) is 2.98. The summed E-state index contributed by atoms with van der Waals surface area (Å²) in [6.07, 6.45) is 2.81. The molecule has 0 unspecified atom stereocenters. The Kier molecular flexibility index (Phi) is 6.70. The first-order valence-corrected chi connectivity index (χ1v) is 12.9. The molecule has 4 nitrogen and oxygen atoms in total. The Hall–Kier alpha value is -1.84. The fourth-order valence-corrected chi connectivity index (χ4v) is 6.41. The number of pyridine rings is 1. The van der Waals surface area contributed by atoms with Crippen molar-refractivity contribution in [3.63, 3.8) is 0 Å². The van der Waals surface area contributed by atoms with Crippen LogP contribution in [0.4, 0.5) is 5.69 Å². The number of anilines is 1. The molecule has 1 fully saturated rings. The zero-order chi connectivity index (χ0) is 23.2. The maximum absolute atomic E-state index is 9.07. The molecule has 0 atom stereocenters. The summed E-state index contributed by atoms with van der Waals surface area (Å²) in [5, 5.41) is 10.3. The van der Waals surface area contributed by atoms with E-state index in [0.29, 0.717) is 18.3 Å². The molecule has 1 aliphatic heterocycles. The van der Waals surface area contributed by atoms with Crippen LogP contribution in [0.15, 0.2) is 27.1 Å². The van der Waals surface area contributed by atoms with Gasteiger partial charge in [-0.15, -0.1) is 0 Å². The second-order valence-corrected chi connectivity index (χ2v) is 11.0. The number of nitrogens with zero attached hydrogens (tertiary/aromatic N) is 4. The van der Waals surface area contributed by atoms with E-state index < -0.39 is 0 Å². The summed E-state index contributed by atoms with van der Waals surface area (Å²) in [5.74, 6) is 0.977. The number of rotatable bonds is 4. The van der Waals surface area contributed by atoms with E-state index in [0.717, 1.165) is 51.9 Å². The normalized spacial score (nSPS) is 15.0. The van der Waals surface area contributed by atoms with E-state index in [-0.39, 0.29) is 0 Å². The van der Waals surface area contributed by atoms with Gasteiger partial charge in [-0.25, -0.2) is 4.98 Å². The standard InChI is InChI=1S/C26H30Br2N4/c1-15(2)20-13-21(27)25(22(28)14-20)32-18(5)17(4)24-23(12-16(3)30-26(24)32)31-10-7-19(6-9-29)8-11-31/h12-15,19H,6-8,10-11H2,1-5H3. The predicted octanol–water partition coefficient (Wildman–Crippen LogP) is 7.73. The SMILES string of the molecule is Cc1cc(N2CCC(CC#N)CC2)c2c(C)c(C)n(-c3c(Br)cc(C(C)C)cc3Br)c2n1. The van der Waals surface area contributed by atoms with E-state index >= 15 is 0 Å². The molecule has 3 aromatic rings. The van der Waals surface area contributed by atoms with E-state index in [2.05, 4.69) is 100 Å². The zero-order valence-corrected chi connectivity index (χ0v) is 22.6. The number of hydrogen-bond acceptors (Lipinski definition) is 3. The third-order valence-electron chi connectivity index (χ3n) is 6.84. The van der Waals surface area contributed by atoms with Gasteiger partial charge in [0, 0.05) is 50.9 Å². The topological polar surface area (TPSA) is 44.9 Å². The molecule has 0 radical (unpaired) electrons. The molecule has 0 saturated carbocycles. The molecule has 2 aromatic heterocycles. The molecule has 32 heavy (non-hydrogen) atoms. The summed E-state index contributed by atoms with van der Waals surface area (Å²) >= 11 is 7.70. The van der Waals surface area contributed by atoms with Gasteiger partial charge >= 0.3 is 0 Å². The molecule has 4 rings (SSSR count). The average molecular weight is 558 g/mol. The van der Waals surface area contributed by atoms with Crippen LogP contribution in [0.25, 0.3) is 16.7 Å². The van der Waals surface area contributed by atoms with Crippen LogP contribution in [0.1, 0.15) is 61.5 Å². The monoisotopic (exact) mass is 556 g/mol. The van der Waals surface area contributed by atoms with Crippen molar-refractivity contribution >= 4 is 48.6 Å². The minimum absolute atomic E-state index is 0.455. The molecule has 6 heteroatoms. The van der Waals surface area contributed by atoms with Gasteiger partial charge in [-0.2, -0.15) is 5.26 Å². The first-order valence-electron chi connectivity index (χ1n) is 11.3. The summed E-state index contributed by atoms with van der Waals surface area (Å²) in [6.45, 7) is 12.9. The summed E-state index contributed by atoms with van der Waals surface area (Å²) in [7, 11) is 0. The molecule has 3 heterocycles. The van der Waals surface area contributed by atoms with Crippen molar-refractivity contribution in [2.45, 2.75) is 59.8 Å². The highest BCUT2D eigenvalue weighted by molar-refractivity contribution is 9.11. The number of fused-ring (bicyclic) bond motifs is 1. The fraction of sp³-hybridized carbons (Fsp3) is 0.462. The van der Waals surface area contributed by atoms with Crippen LogP contribution in [0.5, 0.6) is 0 Å². The largest absolute Gasteiger partial charge is 0.371 e.